The first-order valence-corrected chi connectivity index (χ1v) is 22.0. The number of aromatic nitrogens is 2. The minimum absolute atomic E-state index is 0.0138. The molecule has 5 rings (SSSR count). The van der Waals surface area contributed by atoms with Crippen LogP contribution in [0.5, 0.6) is 5.75 Å². The van der Waals surface area contributed by atoms with E-state index in [0.29, 0.717) is 29.7 Å². The molecule has 1 unspecified atom stereocenters. The van der Waals surface area contributed by atoms with Gasteiger partial charge in [0.25, 0.3) is 12.0 Å². The van der Waals surface area contributed by atoms with Gasteiger partial charge in [-0.2, -0.15) is 13.5 Å². The first-order chi connectivity index (χ1) is 29.0. The van der Waals surface area contributed by atoms with Gasteiger partial charge in [0.05, 0.1) is 17.5 Å². The lowest BCUT2D eigenvalue weighted by Crippen LogP contribution is -2.68. The first-order valence-electron chi connectivity index (χ1n) is 19.7. The zero-order chi connectivity index (χ0) is 46.9. The molecule has 2 saturated heterocycles. The number of fused-ring (bicyclic) bond motifs is 1. The summed E-state index contributed by atoms with van der Waals surface area (Å²) in [5.41, 5.74) is -4.38. The van der Waals surface area contributed by atoms with E-state index in [2.05, 4.69) is 30.0 Å². The number of oxime groups is 1. The van der Waals surface area contributed by atoms with Crippen molar-refractivity contribution in [3.8, 4) is 5.75 Å². The molecule has 0 spiro atoms. The maximum atomic E-state index is 14.0. The fraction of sp³-hybridized carbons (Fsp3) is 0.550. The summed E-state index contributed by atoms with van der Waals surface area (Å²) in [4.78, 5) is 81.5. The van der Waals surface area contributed by atoms with Crippen molar-refractivity contribution in [2.45, 2.75) is 117 Å². The lowest BCUT2D eigenvalue weighted by atomic mass is 9.74. The van der Waals surface area contributed by atoms with Crippen LogP contribution in [-0.4, -0.2) is 123 Å². The van der Waals surface area contributed by atoms with Crippen LogP contribution in [0.2, 0.25) is 0 Å². The molecular formula is C40H53N7O14S2. The second kappa shape index (κ2) is 18.2. The number of ether oxygens (including phenoxy) is 4. The number of hydrogen-bond donors (Lipinski definition) is 3. The summed E-state index contributed by atoms with van der Waals surface area (Å²) in [5.74, 6) is -2.87. The Hall–Kier alpha value is -5.65. The number of amides is 3. The number of carbonyl (C=O) groups excluding carboxylic acids is 5. The molecule has 2 aliphatic rings. The predicted molar refractivity (Wildman–Crippen MR) is 228 cm³/mol. The molecule has 2 aromatic heterocycles. The number of benzene rings is 1. The quantitative estimate of drug-likeness (QED) is 0.0424. The Kier molecular flexibility index (Phi) is 14.0. The molecule has 2 atom stereocenters. The molecule has 21 nitrogen and oxygen atoms in total. The van der Waals surface area contributed by atoms with Gasteiger partial charge < -0.3 is 34.0 Å². The summed E-state index contributed by atoms with van der Waals surface area (Å²) in [6, 6.07) is 6.88. The van der Waals surface area contributed by atoms with Crippen LogP contribution in [0, 0.1) is 5.92 Å². The lowest BCUT2D eigenvalue weighted by Gasteiger charge is -2.50. The average Bonchev–Trinajstić information content (AvgIpc) is 3.56. The van der Waals surface area contributed by atoms with Crippen molar-refractivity contribution in [2.24, 2.45) is 11.1 Å². The largest absolute Gasteiger partial charge is 0.489 e. The van der Waals surface area contributed by atoms with Crippen LogP contribution in [0.25, 0.3) is 10.8 Å². The number of pyridine rings is 1. The number of nitrogens with zero attached hydrogens (tertiary/aromatic N) is 5. The third-order valence-corrected chi connectivity index (χ3v) is 10.1. The molecule has 0 saturated carbocycles. The topological polar surface area (TPSA) is 264 Å². The van der Waals surface area contributed by atoms with Crippen LogP contribution in [0.1, 0.15) is 88.3 Å². The van der Waals surface area contributed by atoms with Crippen molar-refractivity contribution in [2.75, 3.05) is 30.3 Å². The first kappa shape index (κ1) is 48.4. The Labute approximate surface area is 368 Å². The molecule has 63 heavy (non-hydrogen) atoms. The van der Waals surface area contributed by atoms with E-state index in [1.54, 1.807) is 97.7 Å². The van der Waals surface area contributed by atoms with Gasteiger partial charge in [-0.25, -0.2) is 24.4 Å². The van der Waals surface area contributed by atoms with Gasteiger partial charge in [0.2, 0.25) is 0 Å². The molecule has 3 aromatic rings. The predicted octanol–water partition coefficient (Wildman–Crippen LogP) is 5.51. The van der Waals surface area contributed by atoms with E-state index in [-0.39, 0.29) is 16.9 Å². The molecule has 3 amide bonds. The molecule has 344 valence electrons. The van der Waals surface area contributed by atoms with E-state index in [4.69, 9.17) is 23.8 Å². The molecule has 4 heterocycles. The number of Topliss-reactive ketones (excluding diaryl/α,β-unsaturated/α-hetero) is 1. The molecule has 3 N–H and O–H groups in total. The second-order valence-corrected chi connectivity index (χ2v) is 20.1. The van der Waals surface area contributed by atoms with Crippen molar-refractivity contribution < 1.29 is 65.0 Å². The molecule has 2 aliphatic heterocycles. The summed E-state index contributed by atoms with van der Waals surface area (Å²) in [7, 11) is -5.06. The number of ketones is 1. The zero-order valence-corrected chi connectivity index (χ0v) is 38.5. The van der Waals surface area contributed by atoms with Crippen LogP contribution < -0.4 is 15.4 Å². The Morgan fingerprint density at radius 3 is 2.24 bits per heavy atom. The highest BCUT2D eigenvalue weighted by Crippen LogP contribution is 2.41. The zero-order valence-electron chi connectivity index (χ0n) is 36.8. The highest BCUT2D eigenvalue weighted by atomic mass is 32.3. The van der Waals surface area contributed by atoms with Gasteiger partial charge >= 0.3 is 28.6 Å². The fourth-order valence-electron chi connectivity index (χ4n) is 6.12. The van der Waals surface area contributed by atoms with Crippen molar-refractivity contribution in [3.05, 3.63) is 41.5 Å². The van der Waals surface area contributed by atoms with Gasteiger partial charge in [0.1, 0.15) is 40.7 Å². The Morgan fingerprint density at radius 2 is 1.63 bits per heavy atom. The average molecular weight is 920 g/mol. The lowest BCUT2D eigenvalue weighted by molar-refractivity contribution is -0.228. The minimum Gasteiger partial charge on any atom is -0.489 e. The van der Waals surface area contributed by atoms with Crippen LogP contribution in [-0.2, 0) is 48.1 Å². The summed E-state index contributed by atoms with van der Waals surface area (Å²) in [5, 5.41) is 13.2. The molecule has 0 bridgehead atoms. The number of thiazole rings is 1. The van der Waals surface area contributed by atoms with E-state index in [9.17, 15) is 36.9 Å². The molecule has 23 heteroatoms. The van der Waals surface area contributed by atoms with E-state index < -0.39 is 93.3 Å². The van der Waals surface area contributed by atoms with Crippen molar-refractivity contribution in [1.82, 2.24) is 19.9 Å². The normalized spacial score (nSPS) is 17.6. The van der Waals surface area contributed by atoms with Gasteiger partial charge in [-0.1, -0.05) is 5.16 Å². The van der Waals surface area contributed by atoms with Crippen LogP contribution in [0.3, 0.4) is 0 Å². The number of anilines is 2. The summed E-state index contributed by atoms with van der Waals surface area (Å²) < 4.78 is 58.7. The Bertz CT molecular complexity index is 2380. The second-order valence-electron chi connectivity index (χ2n) is 18.3. The van der Waals surface area contributed by atoms with E-state index in [1.165, 1.54) is 19.2 Å². The van der Waals surface area contributed by atoms with Crippen molar-refractivity contribution in [3.63, 3.8) is 0 Å². The fourth-order valence-corrected chi connectivity index (χ4v) is 7.25. The number of β-lactam (4-membered cyclic amide) rings is 1. The van der Waals surface area contributed by atoms with Crippen LogP contribution >= 0.6 is 11.3 Å². The third-order valence-electron chi connectivity index (χ3n) is 9.00. The number of likely N-dealkylation sites (tertiary alicyclic amines) is 1. The van der Waals surface area contributed by atoms with E-state index in [1.807, 2.05) is 0 Å². The molecular weight excluding hydrogens is 867 g/mol. The molecule has 2 fully saturated rings. The van der Waals surface area contributed by atoms with E-state index >= 15 is 0 Å². The highest BCUT2D eigenvalue weighted by molar-refractivity contribution is 7.80. The molecule has 0 radical (unpaired) electrons. The summed E-state index contributed by atoms with van der Waals surface area (Å²) >= 11 is 0.916. The number of nitrogens with one attached hydrogen (secondary N) is 2. The Balaban J connectivity index is 1.36. The number of hydroxylamine groups is 2. The molecule has 0 aliphatic carbocycles. The van der Waals surface area contributed by atoms with Crippen LogP contribution in [0.15, 0.2) is 41.0 Å². The van der Waals surface area contributed by atoms with Gasteiger partial charge in [-0.05, 0) is 106 Å². The van der Waals surface area contributed by atoms with Gasteiger partial charge in [0.15, 0.2) is 16.6 Å². The maximum absolute atomic E-state index is 14.0. The summed E-state index contributed by atoms with van der Waals surface area (Å²) in [6.07, 6.45) is -1.73. The van der Waals surface area contributed by atoms with Crippen LogP contribution in [0.4, 0.5) is 20.5 Å². The van der Waals surface area contributed by atoms with Gasteiger partial charge in [-0.15, -0.1) is 15.6 Å². The van der Waals surface area contributed by atoms with Crippen molar-refractivity contribution in [1.29, 1.82) is 0 Å². The van der Waals surface area contributed by atoms with Gasteiger partial charge in [-0.3, -0.25) is 19.5 Å². The molecule has 1 aromatic carbocycles. The van der Waals surface area contributed by atoms with E-state index in [0.717, 1.165) is 22.1 Å². The Morgan fingerprint density at radius 1 is 0.984 bits per heavy atom. The minimum atomic E-state index is -5.06. The number of rotatable bonds is 15. The highest BCUT2D eigenvalue weighted by Gasteiger charge is 2.57. The number of hydrogen-bond acceptors (Lipinski definition) is 18. The number of esters is 1. The standard InChI is InChI=1S/C40H53N7O14S2/c1-37(2,3)57-33(50)29(20-56-24-12-13-25-22(16-24)14-15-41-31(25)42-23-18-46(19-23)36(52)59-39(7,8)9)60-45-30(27-21-62-34(43-27)44-35(51)58-38(4,5)6)28(48)17-26-32(49)47(40(26,10)11)61-63(53,54)55/h12-16,21,23,26,29H,17-20H2,1-11H3,(H,41,42)(H,43,44,51)(H,53,54,55)/b45-30-/t26?,29-/m0/s1. The third kappa shape index (κ3) is 13.2. The maximum Gasteiger partial charge on any atom is 0.418 e. The van der Waals surface area contributed by atoms with Crippen molar-refractivity contribution >= 4 is 79.0 Å². The smallest absolute Gasteiger partial charge is 0.418 e. The number of carbonyl (C=O) groups is 5. The monoisotopic (exact) mass is 919 g/mol. The summed E-state index contributed by atoms with van der Waals surface area (Å²) in [6.45, 7) is 18.6. The van der Waals surface area contributed by atoms with Gasteiger partial charge in [0, 0.05) is 36.5 Å². The SMILES string of the molecule is CC(C)(C)OC(=O)Nc1nc(/C(=N/O[C@@H](COc2ccc3c(NC4CN(C(=O)OC(C)(C)C)C4)nccc3c2)C(=O)OC(C)(C)C)C(=O)CC2C(=O)N(OS(=O)(=O)O)C2(C)C)cs1.